The predicted octanol–water partition coefficient (Wildman–Crippen LogP) is 3.50. The number of rotatable bonds is 5. The number of nitrogens with two attached hydrogens (primary N) is 1. The van der Waals surface area contributed by atoms with E-state index in [1.165, 1.54) is 18.2 Å². The number of nitrogen functional groups attached to an aromatic ring is 1. The summed E-state index contributed by atoms with van der Waals surface area (Å²) in [7, 11) is 0. The number of carboxylic acid groups (broad SMARTS) is 1. The van der Waals surface area contributed by atoms with Crippen LogP contribution >= 0.6 is 0 Å². The first kappa shape index (κ1) is 17.2. The molecule has 1 fully saturated rings. The van der Waals surface area contributed by atoms with Crippen molar-refractivity contribution in [2.24, 2.45) is 5.92 Å². The first-order valence-corrected chi connectivity index (χ1v) is 8.09. The van der Waals surface area contributed by atoms with Crippen LogP contribution in [0.5, 0.6) is 5.75 Å². The number of benzene rings is 2. The van der Waals surface area contributed by atoms with Crippen molar-refractivity contribution >= 4 is 11.7 Å². The topological polar surface area (TPSA) is 81.8 Å². The summed E-state index contributed by atoms with van der Waals surface area (Å²) in [5, 5.41) is 9.36. The molecule has 1 saturated heterocycles. The third-order valence-electron chi connectivity index (χ3n) is 4.43. The molecule has 2 aromatic rings. The lowest BCUT2D eigenvalue weighted by atomic mass is 9.97. The molecule has 1 heterocycles. The van der Waals surface area contributed by atoms with Crippen molar-refractivity contribution in [3.8, 4) is 16.9 Å². The summed E-state index contributed by atoms with van der Waals surface area (Å²) >= 11 is 0. The molecule has 132 valence electrons. The fourth-order valence-electron chi connectivity index (χ4n) is 2.89. The number of carboxylic acids is 1. The minimum Gasteiger partial charge on any atom is -0.493 e. The molecule has 0 spiro atoms. The molecule has 1 unspecified atom stereocenters. The zero-order valence-electron chi connectivity index (χ0n) is 13.9. The molecular weight excluding hydrogens is 325 g/mol. The highest BCUT2D eigenvalue weighted by molar-refractivity contribution is 5.93. The number of hydrogen-bond donors (Lipinski definition) is 2. The van der Waals surface area contributed by atoms with E-state index in [2.05, 4.69) is 0 Å². The number of ether oxygens (including phenoxy) is 2. The highest BCUT2D eigenvalue weighted by Gasteiger charge is 2.19. The Morgan fingerprint density at radius 2 is 2.20 bits per heavy atom. The van der Waals surface area contributed by atoms with Gasteiger partial charge in [0, 0.05) is 23.8 Å². The number of halogens is 1. The molecule has 25 heavy (non-hydrogen) atoms. The third-order valence-corrected chi connectivity index (χ3v) is 4.43. The summed E-state index contributed by atoms with van der Waals surface area (Å²) in [5.41, 5.74) is 7.85. The van der Waals surface area contributed by atoms with Crippen LogP contribution in [0.25, 0.3) is 11.1 Å². The second-order valence-electron chi connectivity index (χ2n) is 6.22. The molecule has 0 radical (unpaired) electrons. The molecule has 2 aromatic carbocycles. The van der Waals surface area contributed by atoms with Gasteiger partial charge in [-0.05, 0) is 54.8 Å². The highest BCUT2D eigenvalue weighted by atomic mass is 19.1. The van der Waals surface area contributed by atoms with Gasteiger partial charge in [0.1, 0.15) is 11.6 Å². The summed E-state index contributed by atoms with van der Waals surface area (Å²) < 4.78 is 25.0. The molecule has 0 bridgehead atoms. The van der Waals surface area contributed by atoms with Gasteiger partial charge in [0.25, 0.3) is 0 Å². The lowest BCUT2D eigenvalue weighted by Gasteiger charge is -2.16. The third kappa shape index (κ3) is 3.74. The van der Waals surface area contributed by atoms with Crippen molar-refractivity contribution in [1.29, 1.82) is 0 Å². The van der Waals surface area contributed by atoms with Crippen LogP contribution in [-0.4, -0.2) is 30.9 Å². The predicted molar refractivity (Wildman–Crippen MR) is 92.4 cm³/mol. The lowest BCUT2D eigenvalue weighted by molar-refractivity contribution is 0.0696. The van der Waals surface area contributed by atoms with E-state index in [1.807, 2.05) is 0 Å². The summed E-state index contributed by atoms with van der Waals surface area (Å²) in [5.74, 6) is -0.709. The zero-order valence-corrected chi connectivity index (χ0v) is 13.9. The lowest BCUT2D eigenvalue weighted by Crippen LogP contribution is -2.12. The maximum absolute atomic E-state index is 13.8. The standard InChI is InChI=1S/C19H20FNO4/c1-11-15(19(22)23)6-13(7-17(11)21)16-8-14(20)2-3-18(16)25-10-12-4-5-24-9-12/h2-3,6-8,12H,4-5,9-10,21H2,1H3,(H,22,23). The Hall–Kier alpha value is -2.60. The van der Waals surface area contributed by atoms with E-state index in [4.69, 9.17) is 15.2 Å². The van der Waals surface area contributed by atoms with E-state index < -0.39 is 11.8 Å². The molecule has 6 heteroatoms. The minimum atomic E-state index is -1.08. The van der Waals surface area contributed by atoms with Gasteiger partial charge >= 0.3 is 5.97 Å². The van der Waals surface area contributed by atoms with Crippen LogP contribution in [0.2, 0.25) is 0 Å². The summed E-state index contributed by atoms with van der Waals surface area (Å²) in [6, 6.07) is 7.34. The van der Waals surface area contributed by atoms with E-state index in [-0.39, 0.29) is 5.56 Å². The van der Waals surface area contributed by atoms with E-state index in [9.17, 15) is 14.3 Å². The van der Waals surface area contributed by atoms with Gasteiger partial charge in [-0.1, -0.05) is 0 Å². The first-order chi connectivity index (χ1) is 12.0. The molecule has 0 amide bonds. The van der Waals surface area contributed by atoms with Crippen LogP contribution in [0.4, 0.5) is 10.1 Å². The second-order valence-corrected chi connectivity index (χ2v) is 6.22. The smallest absolute Gasteiger partial charge is 0.336 e. The molecule has 1 aliphatic heterocycles. The Bertz CT molecular complexity index is 800. The number of anilines is 1. The largest absolute Gasteiger partial charge is 0.493 e. The van der Waals surface area contributed by atoms with Crippen LogP contribution in [-0.2, 0) is 4.74 Å². The number of hydrogen-bond acceptors (Lipinski definition) is 4. The molecule has 0 saturated carbocycles. The van der Waals surface area contributed by atoms with Gasteiger partial charge in [-0.2, -0.15) is 0 Å². The van der Waals surface area contributed by atoms with Crippen LogP contribution in [0, 0.1) is 18.7 Å². The Labute approximate surface area is 145 Å². The van der Waals surface area contributed by atoms with Gasteiger partial charge in [-0.3, -0.25) is 0 Å². The fraction of sp³-hybridized carbons (Fsp3) is 0.316. The quantitative estimate of drug-likeness (QED) is 0.811. The van der Waals surface area contributed by atoms with E-state index in [0.29, 0.717) is 47.3 Å². The van der Waals surface area contributed by atoms with Gasteiger partial charge in [-0.15, -0.1) is 0 Å². The summed E-state index contributed by atoms with van der Waals surface area (Å²) in [4.78, 5) is 11.4. The maximum atomic E-state index is 13.8. The van der Waals surface area contributed by atoms with E-state index in [1.54, 1.807) is 19.1 Å². The van der Waals surface area contributed by atoms with E-state index >= 15 is 0 Å². The van der Waals surface area contributed by atoms with Gasteiger partial charge < -0.3 is 20.3 Å². The van der Waals surface area contributed by atoms with Gasteiger partial charge in [0.05, 0.1) is 18.8 Å². The molecule has 0 aliphatic carbocycles. The molecule has 3 rings (SSSR count). The Balaban J connectivity index is 1.98. The van der Waals surface area contributed by atoms with Crippen molar-refractivity contribution in [3.63, 3.8) is 0 Å². The monoisotopic (exact) mass is 345 g/mol. The van der Waals surface area contributed by atoms with Crippen LogP contribution in [0.3, 0.4) is 0 Å². The van der Waals surface area contributed by atoms with Gasteiger partial charge in [0.2, 0.25) is 0 Å². The van der Waals surface area contributed by atoms with Crippen molar-refractivity contribution in [2.75, 3.05) is 25.6 Å². The molecule has 1 atom stereocenters. The van der Waals surface area contributed by atoms with Gasteiger partial charge in [-0.25, -0.2) is 9.18 Å². The fourth-order valence-corrected chi connectivity index (χ4v) is 2.89. The Morgan fingerprint density at radius 1 is 1.40 bits per heavy atom. The second kappa shape index (κ2) is 7.11. The Kier molecular flexibility index (Phi) is 4.90. The average Bonchev–Trinajstić information content (AvgIpc) is 3.09. The molecule has 3 N–H and O–H groups in total. The van der Waals surface area contributed by atoms with Crippen LogP contribution in [0.1, 0.15) is 22.3 Å². The van der Waals surface area contributed by atoms with Crippen LogP contribution in [0.15, 0.2) is 30.3 Å². The van der Waals surface area contributed by atoms with Crippen molar-refractivity contribution in [2.45, 2.75) is 13.3 Å². The summed E-state index contributed by atoms with van der Waals surface area (Å²) in [6.45, 7) is 3.48. The SMILES string of the molecule is Cc1c(N)cc(-c2cc(F)ccc2OCC2CCOC2)cc1C(=O)O. The molecule has 5 nitrogen and oxygen atoms in total. The maximum Gasteiger partial charge on any atom is 0.336 e. The van der Waals surface area contributed by atoms with Crippen molar-refractivity contribution in [1.82, 2.24) is 0 Å². The molecule has 1 aliphatic rings. The van der Waals surface area contributed by atoms with Crippen LogP contribution < -0.4 is 10.5 Å². The zero-order chi connectivity index (χ0) is 18.0. The normalized spacial score (nSPS) is 16.8. The molecular formula is C19H20FNO4. The van der Waals surface area contributed by atoms with Crippen molar-refractivity contribution < 1.29 is 23.8 Å². The molecule has 0 aromatic heterocycles. The Morgan fingerprint density at radius 3 is 2.88 bits per heavy atom. The van der Waals surface area contributed by atoms with E-state index in [0.717, 1.165) is 13.0 Å². The first-order valence-electron chi connectivity index (χ1n) is 8.09. The number of aromatic carboxylic acids is 1. The van der Waals surface area contributed by atoms with Crippen molar-refractivity contribution in [3.05, 3.63) is 47.3 Å². The highest BCUT2D eigenvalue weighted by Crippen LogP contribution is 2.34. The summed E-state index contributed by atoms with van der Waals surface area (Å²) in [6.07, 6.45) is 0.928. The minimum absolute atomic E-state index is 0.0920. The average molecular weight is 345 g/mol. The van der Waals surface area contributed by atoms with Gasteiger partial charge in [0.15, 0.2) is 0 Å². The number of carbonyl (C=O) groups is 1.